The molecule has 0 bridgehead atoms. The van der Waals surface area contributed by atoms with E-state index in [0.29, 0.717) is 5.92 Å². The molecule has 172 valence electrons. The van der Waals surface area contributed by atoms with Gasteiger partial charge >= 0.3 is 5.97 Å². The molecule has 0 N–H and O–H groups in total. The number of allylic oxidation sites excluding steroid dienone is 1. The van der Waals surface area contributed by atoms with Crippen molar-refractivity contribution in [2.75, 3.05) is 0 Å². The Morgan fingerprint density at radius 1 is 0.903 bits per heavy atom. The zero-order valence-corrected chi connectivity index (χ0v) is 20.0. The molecular formula is C29H44O2. The van der Waals surface area contributed by atoms with E-state index >= 15 is 0 Å². The van der Waals surface area contributed by atoms with Gasteiger partial charge in [0.15, 0.2) is 0 Å². The zero-order valence-electron chi connectivity index (χ0n) is 20.0. The summed E-state index contributed by atoms with van der Waals surface area (Å²) in [7, 11) is 0. The summed E-state index contributed by atoms with van der Waals surface area (Å²) in [6.07, 6.45) is 21.3. The van der Waals surface area contributed by atoms with Gasteiger partial charge in [-0.15, -0.1) is 0 Å². The molecule has 0 aromatic heterocycles. The molecule has 2 fully saturated rings. The predicted molar refractivity (Wildman–Crippen MR) is 131 cm³/mol. The zero-order chi connectivity index (χ0) is 21.9. The molecule has 2 heteroatoms. The summed E-state index contributed by atoms with van der Waals surface area (Å²) in [5.41, 5.74) is 2.71. The molecule has 2 aliphatic rings. The van der Waals surface area contributed by atoms with Gasteiger partial charge in [-0.3, -0.25) is 4.79 Å². The van der Waals surface area contributed by atoms with Crippen molar-refractivity contribution in [1.29, 1.82) is 0 Å². The number of hydrogen-bond donors (Lipinski definition) is 0. The third-order valence-corrected chi connectivity index (χ3v) is 7.48. The molecule has 3 rings (SSSR count). The van der Waals surface area contributed by atoms with E-state index in [2.05, 4.69) is 50.3 Å². The summed E-state index contributed by atoms with van der Waals surface area (Å²) >= 11 is 0. The first-order chi connectivity index (χ1) is 15.2. The van der Waals surface area contributed by atoms with Crippen LogP contribution in [0, 0.1) is 17.8 Å². The molecule has 0 unspecified atom stereocenters. The fourth-order valence-corrected chi connectivity index (χ4v) is 5.36. The largest absolute Gasteiger partial charge is 0.462 e. The van der Waals surface area contributed by atoms with Gasteiger partial charge in [0.2, 0.25) is 0 Å². The Labute approximate surface area is 190 Å². The average Bonchev–Trinajstić information content (AvgIpc) is 2.80. The van der Waals surface area contributed by atoms with Crippen LogP contribution in [0.15, 0.2) is 30.3 Å². The fraction of sp³-hybridized carbons (Fsp3) is 0.690. The first kappa shape index (κ1) is 24.1. The number of carbonyl (C=O) groups is 1. The summed E-state index contributed by atoms with van der Waals surface area (Å²) in [6, 6.07) is 8.96. The second kappa shape index (κ2) is 13.1. The molecule has 0 saturated heterocycles. The number of unbranched alkanes of at least 4 members (excludes halogenated alkanes) is 2. The summed E-state index contributed by atoms with van der Waals surface area (Å²) in [4.78, 5) is 12.7. The van der Waals surface area contributed by atoms with Crippen LogP contribution in [0.1, 0.15) is 108 Å². The van der Waals surface area contributed by atoms with E-state index in [9.17, 15) is 4.79 Å². The summed E-state index contributed by atoms with van der Waals surface area (Å²) in [5.74, 6) is 1.72. The summed E-state index contributed by atoms with van der Waals surface area (Å²) in [5, 5.41) is 0. The highest BCUT2D eigenvalue weighted by atomic mass is 16.5. The Morgan fingerprint density at radius 3 is 2.26 bits per heavy atom. The van der Waals surface area contributed by atoms with Gasteiger partial charge in [0.1, 0.15) is 6.10 Å². The fourth-order valence-electron chi connectivity index (χ4n) is 5.36. The monoisotopic (exact) mass is 424 g/mol. The van der Waals surface area contributed by atoms with Crippen molar-refractivity contribution >= 4 is 12.0 Å². The van der Waals surface area contributed by atoms with E-state index in [-0.39, 0.29) is 18.0 Å². The van der Waals surface area contributed by atoms with E-state index in [1.54, 1.807) is 0 Å². The number of hydrogen-bond acceptors (Lipinski definition) is 2. The number of carbonyl (C=O) groups excluding carboxylic acids is 1. The first-order valence-corrected chi connectivity index (χ1v) is 13.2. The molecule has 1 aromatic rings. The van der Waals surface area contributed by atoms with E-state index < -0.39 is 0 Å². The highest BCUT2D eigenvalue weighted by Crippen LogP contribution is 2.34. The van der Waals surface area contributed by atoms with Crippen LogP contribution in [0.4, 0.5) is 0 Å². The molecule has 2 saturated carbocycles. The standard InChI is InChI=1S/C29H44O2/c1-3-5-6-8-24-15-19-27(20-16-24)29(30)31-28-21-17-26(18-22-28)14-13-25-11-9-23(7-4-2)10-12-25/h9-14,24,26-28H,3-8,15-22H2,1-2H3/b14-13+. The van der Waals surface area contributed by atoms with Gasteiger partial charge in [-0.25, -0.2) is 0 Å². The lowest BCUT2D eigenvalue weighted by Crippen LogP contribution is -2.29. The van der Waals surface area contributed by atoms with E-state index in [0.717, 1.165) is 50.9 Å². The van der Waals surface area contributed by atoms with Gasteiger partial charge in [0.25, 0.3) is 0 Å². The van der Waals surface area contributed by atoms with Crippen molar-refractivity contribution in [3.8, 4) is 0 Å². The second-order valence-corrected chi connectivity index (χ2v) is 10.0. The van der Waals surface area contributed by atoms with Crippen molar-refractivity contribution in [3.63, 3.8) is 0 Å². The lowest BCUT2D eigenvalue weighted by molar-refractivity contribution is -0.157. The van der Waals surface area contributed by atoms with E-state index in [1.807, 2.05) is 0 Å². The number of rotatable bonds is 10. The van der Waals surface area contributed by atoms with Gasteiger partial charge in [-0.05, 0) is 80.8 Å². The molecule has 0 amide bonds. The van der Waals surface area contributed by atoms with E-state index in [4.69, 9.17) is 4.74 Å². The Bertz CT molecular complexity index is 658. The van der Waals surface area contributed by atoms with Crippen LogP contribution < -0.4 is 0 Å². The molecular weight excluding hydrogens is 380 g/mol. The van der Waals surface area contributed by atoms with Crippen molar-refractivity contribution < 1.29 is 9.53 Å². The molecule has 0 spiro atoms. The molecule has 1 aromatic carbocycles. The van der Waals surface area contributed by atoms with Crippen LogP contribution in [0.3, 0.4) is 0 Å². The molecule has 0 atom stereocenters. The number of esters is 1. The Kier molecular flexibility index (Phi) is 10.2. The van der Waals surface area contributed by atoms with Crippen LogP contribution in [0.5, 0.6) is 0 Å². The van der Waals surface area contributed by atoms with Gasteiger partial charge in [0.05, 0.1) is 5.92 Å². The van der Waals surface area contributed by atoms with Gasteiger partial charge in [-0.1, -0.05) is 82.4 Å². The highest BCUT2D eigenvalue weighted by molar-refractivity contribution is 5.72. The lowest BCUT2D eigenvalue weighted by atomic mass is 9.79. The van der Waals surface area contributed by atoms with Gasteiger partial charge < -0.3 is 4.74 Å². The molecule has 2 aliphatic carbocycles. The van der Waals surface area contributed by atoms with Gasteiger partial charge in [0, 0.05) is 0 Å². The Hall–Kier alpha value is -1.57. The Balaban J connectivity index is 1.34. The Morgan fingerprint density at radius 2 is 1.61 bits per heavy atom. The minimum Gasteiger partial charge on any atom is -0.462 e. The van der Waals surface area contributed by atoms with Crippen LogP contribution in [0.2, 0.25) is 0 Å². The lowest BCUT2D eigenvalue weighted by Gasteiger charge is -2.31. The maximum absolute atomic E-state index is 12.7. The van der Waals surface area contributed by atoms with Crippen molar-refractivity contribution in [3.05, 3.63) is 41.5 Å². The maximum Gasteiger partial charge on any atom is 0.309 e. The number of benzene rings is 1. The minimum atomic E-state index is 0.0955. The van der Waals surface area contributed by atoms with Crippen LogP contribution >= 0.6 is 0 Å². The molecule has 2 nitrogen and oxygen atoms in total. The van der Waals surface area contributed by atoms with Crippen LogP contribution in [-0.4, -0.2) is 12.1 Å². The van der Waals surface area contributed by atoms with Crippen molar-refractivity contribution in [2.45, 2.75) is 110 Å². The predicted octanol–water partition coefficient (Wildman–Crippen LogP) is 8.14. The first-order valence-electron chi connectivity index (χ1n) is 13.2. The van der Waals surface area contributed by atoms with Crippen molar-refractivity contribution in [2.24, 2.45) is 17.8 Å². The number of ether oxygens (including phenoxy) is 1. The summed E-state index contributed by atoms with van der Waals surface area (Å²) < 4.78 is 5.95. The van der Waals surface area contributed by atoms with E-state index in [1.165, 1.54) is 56.1 Å². The second-order valence-electron chi connectivity index (χ2n) is 10.0. The maximum atomic E-state index is 12.7. The van der Waals surface area contributed by atoms with Crippen molar-refractivity contribution in [1.82, 2.24) is 0 Å². The average molecular weight is 425 g/mol. The quantitative estimate of drug-likeness (QED) is 0.280. The summed E-state index contributed by atoms with van der Waals surface area (Å²) in [6.45, 7) is 4.49. The SMILES string of the molecule is CCCCCC1CCC(C(=O)OC2CCC(/C=C/c3ccc(CCC)cc3)CC2)CC1. The van der Waals surface area contributed by atoms with Gasteiger partial charge in [-0.2, -0.15) is 0 Å². The third-order valence-electron chi connectivity index (χ3n) is 7.48. The molecule has 0 aliphatic heterocycles. The third kappa shape index (κ3) is 8.13. The molecule has 0 heterocycles. The normalized spacial score (nSPS) is 26.8. The highest BCUT2D eigenvalue weighted by Gasteiger charge is 2.30. The smallest absolute Gasteiger partial charge is 0.309 e. The minimum absolute atomic E-state index is 0.0955. The topological polar surface area (TPSA) is 26.3 Å². The van der Waals surface area contributed by atoms with Crippen LogP contribution in [0.25, 0.3) is 6.08 Å². The number of aryl methyl sites for hydroxylation is 1. The molecule has 0 radical (unpaired) electrons. The molecule has 31 heavy (non-hydrogen) atoms. The van der Waals surface area contributed by atoms with Crippen LogP contribution in [-0.2, 0) is 16.0 Å².